The number of esters is 1. The Bertz CT molecular complexity index is 744. The van der Waals surface area contributed by atoms with E-state index in [1.165, 1.54) is 7.11 Å². The number of rotatable bonds is 8. The second-order valence-electron chi connectivity index (χ2n) is 5.33. The highest BCUT2D eigenvalue weighted by Gasteiger charge is 2.11. The Morgan fingerprint density at radius 2 is 1.62 bits per heavy atom. The van der Waals surface area contributed by atoms with Crippen LogP contribution in [0, 0.1) is 0 Å². The molecule has 0 aliphatic carbocycles. The summed E-state index contributed by atoms with van der Waals surface area (Å²) in [5.74, 6) is -0.402. The van der Waals surface area contributed by atoms with Crippen molar-refractivity contribution in [3.8, 4) is 5.75 Å². The highest BCUT2D eigenvalue weighted by molar-refractivity contribution is 5.98. The maximum absolute atomic E-state index is 11.9. The lowest BCUT2D eigenvalue weighted by atomic mass is 10.1. The van der Waals surface area contributed by atoms with Crippen molar-refractivity contribution >= 4 is 17.8 Å². The van der Waals surface area contributed by atoms with E-state index >= 15 is 0 Å². The topological polar surface area (TPSA) is 93.7 Å². The van der Waals surface area contributed by atoms with Crippen molar-refractivity contribution in [1.29, 1.82) is 0 Å². The SMILES string of the molecule is COc1ccc(C(=O)COC(=O)CNC(=O)NCc2ccccc2)cc1. The lowest BCUT2D eigenvalue weighted by Crippen LogP contribution is -2.38. The Balaban J connectivity index is 1.66. The molecule has 2 aromatic rings. The zero-order valence-corrected chi connectivity index (χ0v) is 14.4. The van der Waals surface area contributed by atoms with Crippen LogP contribution in [-0.2, 0) is 16.1 Å². The normalized spacial score (nSPS) is 9.88. The maximum Gasteiger partial charge on any atom is 0.325 e. The van der Waals surface area contributed by atoms with Gasteiger partial charge in [-0.05, 0) is 29.8 Å². The average Bonchev–Trinajstić information content (AvgIpc) is 2.69. The van der Waals surface area contributed by atoms with Gasteiger partial charge in [0.05, 0.1) is 7.11 Å². The van der Waals surface area contributed by atoms with Gasteiger partial charge in [-0.15, -0.1) is 0 Å². The van der Waals surface area contributed by atoms with Crippen LogP contribution in [0.4, 0.5) is 4.79 Å². The first kappa shape index (κ1) is 19.0. The third kappa shape index (κ3) is 6.27. The molecule has 0 unspecified atom stereocenters. The van der Waals surface area contributed by atoms with Gasteiger partial charge in [-0.2, -0.15) is 0 Å². The summed E-state index contributed by atoms with van der Waals surface area (Å²) in [6.45, 7) is -0.368. The Morgan fingerprint density at radius 3 is 2.27 bits per heavy atom. The number of hydrogen-bond acceptors (Lipinski definition) is 5. The van der Waals surface area contributed by atoms with Crippen LogP contribution in [0.15, 0.2) is 54.6 Å². The minimum absolute atomic E-state index is 0.323. The summed E-state index contributed by atoms with van der Waals surface area (Å²) >= 11 is 0. The molecule has 0 aliphatic rings. The van der Waals surface area contributed by atoms with E-state index in [2.05, 4.69) is 10.6 Å². The number of urea groups is 1. The summed E-state index contributed by atoms with van der Waals surface area (Å²) in [4.78, 5) is 35.2. The van der Waals surface area contributed by atoms with E-state index in [0.29, 0.717) is 17.9 Å². The highest BCUT2D eigenvalue weighted by Crippen LogP contribution is 2.11. The molecule has 136 valence electrons. The number of methoxy groups -OCH3 is 1. The van der Waals surface area contributed by atoms with Crippen molar-refractivity contribution in [2.75, 3.05) is 20.3 Å². The average molecular weight is 356 g/mol. The van der Waals surface area contributed by atoms with Gasteiger partial charge in [-0.1, -0.05) is 30.3 Å². The third-order valence-electron chi connectivity index (χ3n) is 3.47. The van der Waals surface area contributed by atoms with Gasteiger partial charge in [-0.3, -0.25) is 9.59 Å². The summed E-state index contributed by atoms with van der Waals surface area (Å²) in [5, 5.41) is 5.00. The van der Waals surface area contributed by atoms with Crippen molar-refractivity contribution < 1.29 is 23.9 Å². The van der Waals surface area contributed by atoms with Gasteiger partial charge in [0, 0.05) is 12.1 Å². The summed E-state index contributed by atoms with van der Waals surface area (Å²) in [7, 11) is 1.53. The van der Waals surface area contributed by atoms with Crippen LogP contribution in [0.3, 0.4) is 0 Å². The predicted molar refractivity (Wildman–Crippen MR) is 95.0 cm³/mol. The number of carbonyl (C=O) groups excluding carboxylic acids is 3. The molecule has 0 aromatic heterocycles. The number of carbonyl (C=O) groups is 3. The Hall–Kier alpha value is -3.35. The van der Waals surface area contributed by atoms with E-state index in [9.17, 15) is 14.4 Å². The first-order valence-corrected chi connectivity index (χ1v) is 7.97. The fraction of sp³-hybridized carbons (Fsp3) is 0.211. The Labute approximate surface area is 151 Å². The predicted octanol–water partition coefficient (Wildman–Crippen LogP) is 1.92. The molecule has 0 fully saturated rings. The van der Waals surface area contributed by atoms with Gasteiger partial charge in [0.2, 0.25) is 0 Å². The summed E-state index contributed by atoms with van der Waals surface area (Å²) in [5.41, 5.74) is 1.35. The molecule has 0 heterocycles. The molecule has 0 spiro atoms. The van der Waals surface area contributed by atoms with Crippen LogP contribution in [0.1, 0.15) is 15.9 Å². The van der Waals surface area contributed by atoms with Gasteiger partial charge in [0.15, 0.2) is 12.4 Å². The lowest BCUT2D eigenvalue weighted by Gasteiger charge is -2.08. The molecule has 0 saturated carbocycles. The molecule has 7 heteroatoms. The van der Waals surface area contributed by atoms with Gasteiger partial charge in [-0.25, -0.2) is 4.79 Å². The van der Waals surface area contributed by atoms with E-state index in [1.54, 1.807) is 24.3 Å². The van der Waals surface area contributed by atoms with Gasteiger partial charge in [0.1, 0.15) is 12.3 Å². The standard InChI is InChI=1S/C19H20N2O5/c1-25-16-9-7-15(8-10-16)17(22)13-26-18(23)12-21-19(24)20-11-14-5-3-2-4-6-14/h2-10H,11-13H2,1H3,(H2,20,21,24). The van der Waals surface area contributed by atoms with Crippen LogP contribution in [0.5, 0.6) is 5.75 Å². The minimum Gasteiger partial charge on any atom is -0.497 e. The first-order chi connectivity index (χ1) is 12.6. The molecular formula is C19H20N2O5. The summed E-state index contributed by atoms with van der Waals surface area (Å²) in [6.07, 6.45) is 0. The van der Waals surface area contributed by atoms with Crippen molar-refractivity contribution in [1.82, 2.24) is 10.6 Å². The molecule has 2 aromatic carbocycles. The van der Waals surface area contributed by atoms with Crippen LogP contribution in [-0.4, -0.2) is 38.0 Å². The molecule has 0 atom stereocenters. The largest absolute Gasteiger partial charge is 0.497 e. The van der Waals surface area contributed by atoms with E-state index < -0.39 is 18.6 Å². The summed E-state index contributed by atoms with van der Waals surface area (Å²) in [6, 6.07) is 15.3. The highest BCUT2D eigenvalue weighted by atomic mass is 16.5. The molecule has 0 saturated heterocycles. The molecule has 2 rings (SSSR count). The molecule has 7 nitrogen and oxygen atoms in total. The van der Waals surface area contributed by atoms with Crippen LogP contribution in [0.2, 0.25) is 0 Å². The first-order valence-electron chi connectivity index (χ1n) is 7.97. The third-order valence-corrected chi connectivity index (χ3v) is 3.47. The number of ether oxygens (including phenoxy) is 2. The van der Waals surface area contributed by atoms with Gasteiger partial charge >= 0.3 is 12.0 Å². The second kappa shape index (κ2) is 9.83. The van der Waals surface area contributed by atoms with E-state index in [4.69, 9.17) is 9.47 Å². The van der Waals surface area contributed by atoms with Gasteiger partial charge < -0.3 is 20.1 Å². The number of nitrogens with one attached hydrogen (secondary N) is 2. The van der Waals surface area contributed by atoms with E-state index in [-0.39, 0.29) is 12.3 Å². The van der Waals surface area contributed by atoms with Gasteiger partial charge in [0.25, 0.3) is 0 Å². The van der Waals surface area contributed by atoms with Crippen molar-refractivity contribution in [2.45, 2.75) is 6.54 Å². The second-order valence-corrected chi connectivity index (χ2v) is 5.33. The number of hydrogen-bond donors (Lipinski definition) is 2. The molecular weight excluding hydrogens is 336 g/mol. The number of benzene rings is 2. The molecule has 26 heavy (non-hydrogen) atoms. The van der Waals surface area contributed by atoms with Crippen LogP contribution < -0.4 is 15.4 Å². The molecule has 0 bridgehead atoms. The smallest absolute Gasteiger partial charge is 0.325 e. The van der Waals surface area contributed by atoms with E-state index in [1.807, 2.05) is 30.3 Å². The fourth-order valence-electron chi connectivity index (χ4n) is 2.05. The monoisotopic (exact) mass is 356 g/mol. The van der Waals surface area contributed by atoms with Crippen LogP contribution in [0.25, 0.3) is 0 Å². The zero-order chi connectivity index (χ0) is 18.8. The van der Waals surface area contributed by atoms with Crippen LogP contribution >= 0.6 is 0 Å². The fourth-order valence-corrected chi connectivity index (χ4v) is 2.05. The number of ketones is 1. The van der Waals surface area contributed by atoms with E-state index in [0.717, 1.165) is 5.56 Å². The zero-order valence-electron chi connectivity index (χ0n) is 14.4. The molecule has 0 aliphatic heterocycles. The Morgan fingerprint density at radius 1 is 0.923 bits per heavy atom. The molecule has 2 amide bonds. The minimum atomic E-state index is -0.693. The number of Topliss-reactive ketones (excluding diaryl/α,β-unsaturated/α-hetero) is 1. The maximum atomic E-state index is 11.9. The quantitative estimate of drug-likeness (QED) is 0.557. The summed E-state index contributed by atoms with van der Waals surface area (Å²) < 4.78 is 9.87. The van der Waals surface area contributed by atoms with Crippen molar-refractivity contribution in [2.24, 2.45) is 0 Å². The Kier molecular flexibility index (Phi) is 7.17. The van der Waals surface area contributed by atoms with Crippen molar-refractivity contribution in [3.05, 3.63) is 65.7 Å². The lowest BCUT2D eigenvalue weighted by molar-refractivity contribution is -0.141. The number of amides is 2. The van der Waals surface area contributed by atoms with Crippen molar-refractivity contribution in [3.63, 3.8) is 0 Å². The molecule has 2 N–H and O–H groups in total. The molecule has 0 radical (unpaired) electrons.